The molecule has 0 amide bonds. The van der Waals surface area contributed by atoms with Gasteiger partial charge in [0.2, 0.25) is 0 Å². The Labute approximate surface area is 71.8 Å². The van der Waals surface area contributed by atoms with E-state index in [0.29, 0.717) is 5.41 Å². The van der Waals surface area contributed by atoms with Gasteiger partial charge in [-0.25, -0.2) is 0 Å². The number of rotatable bonds is 0. The average Bonchev–Trinajstić information content (AvgIpc) is 2.48. The van der Waals surface area contributed by atoms with E-state index < -0.39 is 0 Å². The number of allylic oxidation sites excluding steroid dienone is 1. The molecule has 0 aromatic carbocycles. The highest BCUT2D eigenvalue weighted by molar-refractivity contribution is 5.45. The predicted octanol–water partition coefficient (Wildman–Crippen LogP) is 1.45. The van der Waals surface area contributed by atoms with Crippen molar-refractivity contribution in [1.29, 1.82) is 0 Å². The highest BCUT2D eigenvalue weighted by Gasteiger charge is 2.83. The Hall–Kier alpha value is -0.300. The zero-order chi connectivity index (χ0) is 7.50. The van der Waals surface area contributed by atoms with Crippen LogP contribution in [0.3, 0.4) is 0 Å². The number of hydrogen-bond donors (Lipinski definition) is 0. The molecule has 4 saturated carbocycles. The minimum Gasteiger partial charge on any atom is -0.376 e. The molecule has 6 unspecified atom stereocenters. The standard InChI is InChI=1S/C11H12O/c1-5-3-12-4-11(5)8-2-7-9(6(1)8)10(7)11/h1,6-10H,2-4H2. The molecule has 1 saturated heterocycles. The van der Waals surface area contributed by atoms with E-state index in [2.05, 4.69) is 6.08 Å². The second-order valence-electron chi connectivity index (χ2n) is 5.41. The SMILES string of the molecule is C1=C2COCC23C2CC4C(C12)C43. The fourth-order valence-electron chi connectivity index (χ4n) is 5.35. The van der Waals surface area contributed by atoms with E-state index in [9.17, 15) is 0 Å². The molecule has 6 bridgehead atoms. The van der Waals surface area contributed by atoms with Crippen LogP contribution in [0, 0.1) is 35.0 Å². The molecule has 1 nitrogen and oxygen atoms in total. The van der Waals surface area contributed by atoms with Gasteiger partial charge in [0.05, 0.1) is 13.2 Å². The lowest BCUT2D eigenvalue weighted by Gasteiger charge is -2.24. The molecule has 12 heavy (non-hydrogen) atoms. The van der Waals surface area contributed by atoms with Crippen LogP contribution in [0.5, 0.6) is 0 Å². The van der Waals surface area contributed by atoms with Crippen LogP contribution in [0.4, 0.5) is 0 Å². The van der Waals surface area contributed by atoms with Crippen LogP contribution in [0.25, 0.3) is 0 Å². The Morgan fingerprint density at radius 1 is 1.50 bits per heavy atom. The van der Waals surface area contributed by atoms with Crippen molar-refractivity contribution in [1.82, 2.24) is 0 Å². The largest absolute Gasteiger partial charge is 0.376 e. The minimum atomic E-state index is 0.625. The van der Waals surface area contributed by atoms with Crippen LogP contribution in [0.1, 0.15) is 6.42 Å². The highest BCUT2D eigenvalue weighted by Crippen LogP contribution is 2.86. The van der Waals surface area contributed by atoms with E-state index in [1.54, 1.807) is 12.0 Å². The Morgan fingerprint density at radius 3 is 3.33 bits per heavy atom. The second-order valence-corrected chi connectivity index (χ2v) is 5.41. The highest BCUT2D eigenvalue weighted by atomic mass is 16.5. The lowest BCUT2D eigenvalue weighted by atomic mass is 9.78. The third-order valence-electron chi connectivity index (χ3n) is 5.51. The molecule has 62 valence electrons. The maximum Gasteiger partial charge on any atom is 0.0683 e. The van der Waals surface area contributed by atoms with Crippen molar-refractivity contribution in [2.24, 2.45) is 35.0 Å². The molecule has 1 heteroatoms. The summed E-state index contributed by atoms with van der Waals surface area (Å²) in [7, 11) is 0. The maximum atomic E-state index is 5.66. The molecule has 1 spiro atoms. The first kappa shape index (κ1) is 5.43. The van der Waals surface area contributed by atoms with Crippen LogP contribution in [-0.2, 0) is 4.74 Å². The lowest BCUT2D eigenvalue weighted by Crippen LogP contribution is -2.25. The van der Waals surface area contributed by atoms with Gasteiger partial charge in [0, 0.05) is 5.41 Å². The first-order valence-corrected chi connectivity index (χ1v) is 5.22. The van der Waals surface area contributed by atoms with E-state index in [1.165, 1.54) is 0 Å². The molecule has 1 aliphatic heterocycles. The van der Waals surface area contributed by atoms with E-state index in [1.807, 2.05) is 0 Å². The molecule has 6 rings (SSSR count). The van der Waals surface area contributed by atoms with Crippen molar-refractivity contribution < 1.29 is 4.74 Å². The summed E-state index contributed by atoms with van der Waals surface area (Å²) < 4.78 is 5.66. The van der Waals surface area contributed by atoms with Gasteiger partial charge in [-0.05, 0) is 41.6 Å². The summed E-state index contributed by atoms with van der Waals surface area (Å²) in [5, 5.41) is 0. The summed E-state index contributed by atoms with van der Waals surface area (Å²) in [5.74, 6) is 5.40. The molecule has 0 N–H and O–H groups in total. The monoisotopic (exact) mass is 160 g/mol. The van der Waals surface area contributed by atoms with Crippen LogP contribution in [-0.4, -0.2) is 13.2 Å². The molecular formula is C11H12O. The zero-order valence-electron chi connectivity index (χ0n) is 6.99. The molecule has 5 fully saturated rings. The van der Waals surface area contributed by atoms with Gasteiger partial charge in [0.25, 0.3) is 0 Å². The quantitative estimate of drug-likeness (QED) is 0.487. The van der Waals surface area contributed by atoms with E-state index >= 15 is 0 Å². The second kappa shape index (κ2) is 1.22. The van der Waals surface area contributed by atoms with Gasteiger partial charge in [0.1, 0.15) is 0 Å². The molecule has 6 atom stereocenters. The zero-order valence-corrected chi connectivity index (χ0v) is 6.99. The van der Waals surface area contributed by atoms with Crippen molar-refractivity contribution in [3.8, 4) is 0 Å². The number of hydrogen-bond acceptors (Lipinski definition) is 1. The van der Waals surface area contributed by atoms with Gasteiger partial charge >= 0.3 is 0 Å². The lowest BCUT2D eigenvalue weighted by molar-refractivity contribution is 0.128. The van der Waals surface area contributed by atoms with Crippen LogP contribution in [0.2, 0.25) is 0 Å². The van der Waals surface area contributed by atoms with Gasteiger partial charge in [-0.3, -0.25) is 0 Å². The molecule has 1 heterocycles. The van der Waals surface area contributed by atoms with Gasteiger partial charge in [0.15, 0.2) is 0 Å². The minimum absolute atomic E-state index is 0.625. The Morgan fingerprint density at radius 2 is 2.50 bits per heavy atom. The normalized spacial score (nSPS) is 73.3. The Kier molecular flexibility index (Phi) is 0.554. The fourth-order valence-corrected chi connectivity index (χ4v) is 5.35. The van der Waals surface area contributed by atoms with Gasteiger partial charge < -0.3 is 4.74 Å². The van der Waals surface area contributed by atoms with Gasteiger partial charge in [-0.1, -0.05) is 6.08 Å². The third-order valence-corrected chi connectivity index (χ3v) is 5.51. The average molecular weight is 160 g/mol. The van der Waals surface area contributed by atoms with E-state index in [-0.39, 0.29) is 0 Å². The summed E-state index contributed by atoms with van der Waals surface area (Å²) in [5.41, 5.74) is 2.33. The van der Waals surface area contributed by atoms with Crippen molar-refractivity contribution in [3.63, 3.8) is 0 Å². The predicted molar refractivity (Wildman–Crippen MR) is 43.4 cm³/mol. The number of ether oxygens (including phenoxy) is 1. The van der Waals surface area contributed by atoms with Gasteiger partial charge in [-0.15, -0.1) is 0 Å². The summed E-state index contributed by atoms with van der Waals surface area (Å²) in [6.07, 6.45) is 4.13. The molecule has 0 aromatic heterocycles. The van der Waals surface area contributed by atoms with Crippen LogP contribution < -0.4 is 0 Å². The smallest absolute Gasteiger partial charge is 0.0683 e. The molecule has 0 radical (unpaired) electrons. The van der Waals surface area contributed by atoms with Crippen LogP contribution in [0.15, 0.2) is 11.6 Å². The molecule has 6 aliphatic rings. The maximum absolute atomic E-state index is 5.66. The van der Waals surface area contributed by atoms with E-state index in [0.717, 1.165) is 42.8 Å². The fraction of sp³-hybridized carbons (Fsp3) is 0.818. The summed E-state index contributed by atoms with van der Waals surface area (Å²) in [6, 6.07) is 0. The van der Waals surface area contributed by atoms with Crippen molar-refractivity contribution in [3.05, 3.63) is 11.6 Å². The summed E-state index contributed by atoms with van der Waals surface area (Å²) in [4.78, 5) is 0. The van der Waals surface area contributed by atoms with Gasteiger partial charge in [-0.2, -0.15) is 0 Å². The first-order chi connectivity index (χ1) is 5.93. The first-order valence-electron chi connectivity index (χ1n) is 5.22. The van der Waals surface area contributed by atoms with Crippen LogP contribution >= 0.6 is 0 Å². The molecule has 0 aromatic rings. The summed E-state index contributed by atoms with van der Waals surface area (Å²) >= 11 is 0. The van der Waals surface area contributed by atoms with Crippen molar-refractivity contribution >= 4 is 0 Å². The van der Waals surface area contributed by atoms with Crippen molar-refractivity contribution in [2.45, 2.75) is 6.42 Å². The Bertz CT molecular complexity index is 332. The summed E-state index contributed by atoms with van der Waals surface area (Å²) in [6.45, 7) is 2.06. The molecule has 5 aliphatic carbocycles. The topological polar surface area (TPSA) is 9.23 Å². The Balaban J connectivity index is 1.89. The van der Waals surface area contributed by atoms with E-state index in [4.69, 9.17) is 4.74 Å². The third kappa shape index (κ3) is 0.286. The van der Waals surface area contributed by atoms with Crippen molar-refractivity contribution in [2.75, 3.05) is 13.2 Å². The molecular weight excluding hydrogens is 148 g/mol.